The number of methoxy groups -OCH3 is 3. The van der Waals surface area contributed by atoms with Gasteiger partial charge in [0.15, 0.2) is 11.5 Å². The lowest BCUT2D eigenvalue weighted by Gasteiger charge is -2.36. The first-order chi connectivity index (χ1) is 15.0. The van der Waals surface area contributed by atoms with Crippen LogP contribution in [0.5, 0.6) is 17.2 Å². The van der Waals surface area contributed by atoms with Crippen molar-refractivity contribution in [2.24, 2.45) is 0 Å². The minimum atomic E-state index is -0.584. The standard InChI is InChI=1S/C23H31FN2O5.2ClH/c1-28-21-12-17(13-22(29-2)23(21)30-3)15-31-16-20(27)14-25-8-10-26(11-9-25)19-6-4-18(24)5-7-19;;/h4-7,12-13,20,27H,8-11,14-16H2,1-3H3;2*1H/p-2. The van der Waals surface area contributed by atoms with Gasteiger partial charge in [-0.1, -0.05) is 0 Å². The van der Waals surface area contributed by atoms with E-state index in [1.807, 2.05) is 12.1 Å². The van der Waals surface area contributed by atoms with Gasteiger partial charge in [0, 0.05) is 38.4 Å². The van der Waals surface area contributed by atoms with Crippen LogP contribution in [-0.4, -0.2) is 76.8 Å². The number of aliphatic hydroxyl groups is 1. The predicted octanol–water partition coefficient (Wildman–Crippen LogP) is -3.44. The SMILES string of the molecule is COc1cc(COCC(O)CN2CCN(c3ccc(F)cc3)CC2)cc(OC)c1OC.[Cl-].[Cl-]. The Labute approximate surface area is 207 Å². The number of hydrogen-bond donors (Lipinski definition) is 1. The summed E-state index contributed by atoms with van der Waals surface area (Å²) in [7, 11) is 4.70. The van der Waals surface area contributed by atoms with E-state index >= 15 is 0 Å². The topological polar surface area (TPSA) is 63.6 Å². The number of hydrogen-bond acceptors (Lipinski definition) is 7. The number of aliphatic hydroxyl groups excluding tert-OH is 1. The van der Waals surface area contributed by atoms with E-state index in [-0.39, 0.29) is 37.2 Å². The summed E-state index contributed by atoms with van der Waals surface area (Å²) in [4.78, 5) is 4.44. The summed E-state index contributed by atoms with van der Waals surface area (Å²) >= 11 is 0. The van der Waals surface area contributed by atoms with E-state index < -0.39 is 6.10 Å². The zero-order chi connectivity index (χ0) is 22.2. The first-order valence-electron chi connectivity index (χ1n) is 10.3. The fourth-order valence-electron chi connectivity index (χ4n) is 3.72. The molecule has 2 aromatic rings. The van der Waals surface area contributed by atoms with Gasteiger partial charge in [-0.2, -0.15) is 0 Å². The molecule has 0 amide bonds. The first kappa shape index (κ1) is 29.1. The molecule has 186 valence electrons. The smallest absolute Gasteiger partial charge is 0.203 e. The lowest BCUT2D eigenvalue weighted by molar-refractivity contribution is -0.00100. The molecule has 0 bridgehead atoms. The van der Waals surface area contributed by atoms with Gasteiger partial charge in [-0.05, 0) is 42.0 Å². The lowest BCUT2D eigenvalue weighted by atomic mass is 10.2. The van der Waals surface area contributed by atoms with Crippen LogP contribution >= 0.6 is 0 Å². The van der Waals surface area contributed by atoms with Crippen LogP contribution in [-0.2, 0) is 11.3 Å². The Balaban J connectivity index is 0.00000272. The number of rotatable bonds is 10. The Bertz CT molecular complexity index is 811. The van der Waals surface area contributed by atoms with Crippen molar-refractivity contribution in [3.05, 3.63) is 47.8 Å². The summed E-state index contributed by atoms with van der Waals surface area (Å²) < 4.78 is 34.9. The number of halogens is 3. The molecule has 7 nitrogen and oxygen atoms in total. The maximum Gasteiger partial charge on any atom is 0.203 e. The second-order valence-corrected chi connectivity index (χ2v) is 7.47. The maximum atomic E-state index is 13.1. The molecular formula is C23H31Cl2FN2O5-2. The monoisotopic (exact) mass is 504 g/mol. The molecule has 1 N–H and O–H groups in total. The molecule has 0 aliphatic carbocycles. The number of anilines is 1. The van der Waals surface area contributed by atoms with E-state index in [0.717, 1.165) is 37.4 Å². The van der Waals surface area contributed by atoms with Crippen molar-refractivity contribution in [1.82, 2.24) is 4.90 Å². The van der Waals surface area contributed by atoms with Gasteiger partial charge in [0.1, 0.15) is 5.82 Å². The van der Waals surface area contributed by atoms with Crippen molar-refractivity contribution >= 4 is 5.69 Å². The molecule has 3 rings (SSSR count). The Kier molecular flexibility index (Phi) is 12.6. The highest BCUT2D eigenvalue weighted by atomic mass is 35.5. The van der Waals surface area contributed by atoms with Crippen molar-refractivity contribution < 1.29 is 53.3 Å². The van der Waals surface area contributed by atoms with Crippen LogP contribution in [0, 0.1) is 5.82 Å². The van der Waals surface area contributed by atoms with Crippen LogP contribution < -0.4 is 43.9 Å². The third kappa shape index (κ3) is 8.08. The average molecular weight is 505 g/mol. The number of benzene rings is 2. The molecule has 1 unspecified atom stereocenters. The van der Waals surface area contributed by atoms with Crippen molar-refractivity contribution in [3.63, 3.8) is 0 Å². The normalized spacial score (nSPS) is 14.6. The molecule has 10 heteroatoms. The molecule has 1 atom stereocenters. The van der Waals surface area contributed by atoms with E-state index in [9.17, 15) is 9.50 Å². The van der Waals surface area contributed by atoms with Crippen LogP contribution in [0.2, 0.25) is 0 Å². The van der Waals surface area contributed by atoms with E-state index in [4.69, 9.17) is 18.9 Å². The quantitative estimate of drug-likeness (QED) is 0.361. The highest BCUT2D eigenvalue weighted by molar-refractivity contribution is 5.53. The molecule has 2 aromatic carbocycles. The van der Waals surface area contributed by atoms with Crippen LogP contribution in [0.1, 0.15) is 5.56 Å². The van der Waals surface area contributed by atoms with Gasteiger partial charge in [0.05, 0.1) is 40.6 Å². The molecule has 1 heterocycles. The zero-order valence-electron chi connectivity index (χ0n) is 19.1. The van der Waals surface area contributed by atoms with Crippen LogP contribution in [0.3, 0.4) is 0 Å². The van der Waals surface area contributed by atoms with Crippen LogP contribution in [0.15, 0.2) is 36.4 Å². The second kappa shape index (κ2) is 14.3. The summed E-state index contributed by atoms with van der Waals surface area (Å²) in [6.45, 7) is 4.45. The fourth-order valence-corrected chi connectivity index (χ4v) is 3.72. The van der Waals surface area contributed by atoms with Crippen LogP contribution in [0.25, 0.3) is 0 Å². The molecular weight excluding hydrogens is 474 g/mol. The zero-order valence-corrected chi connectivity index (χ0v) is 20.6. The van der Waals surface area contributed by atoms with Crippen molar-refractivity contribution in [2.45, 2.75) is 12.7 Å². The van der Waals surface area contributed by atoms with Gasteiger partial charge in [0.25, 0.3) is 0 Å². The molecule has 1 fully saturated rings. The van der Waals surface area contributed by atoms with Crippen molar-refractivity contribution in [3.8, 4) is 17.2 Å². The number of nitrogens with zero attached hydrogens (tertiary/aromatic N) is 2. The van der Waals surface area contributed by atoms with Gasteiger partial charge < -0.3 is 53.8 Å². The Morgan fingerprint density at radius 1 is 0.909 bits per heavy atom. The predicted molar refractivity (Wildman–Crippen MR) is 117 cm³/mol. The summed E-state index contributed by atoms with van der Waals surface area (Å²) in [5, 5.41) is 10.4. The molecule has 1 aliphatic rings. The summed E-state index contributed by atoms with van der Waals surface area (Å²) in [6, 6.07) is 10.2. The van der Waals surface area contributed by atoms with Gasteiger partial charge in [-0.25, -0.2) is 4.39 Å². The lowest BCUT2D eigenvalue weighted by Crippen LogP contribution is -3.00. The van der Waals surface area contributed by atoms with Gasteiger partial charge in [-0.15, -0.1) is 0 Å². The minimum absolute atomic E-state index is 0. The second-order valence-electron chi connectivity index (χ2n) is 7.47. The van der Waals surface area contributed by atoms with Crippen LogP contribution in [0.4, 0.5) is 10.1 Å². The van der Waals surface area contributed by atoms with E-state index in [2.05, 4.69) is 9.80 Å². The number of ether oxygens (including phenoxy) is 4. The van der Waals surface area contributed by atoms with E-state index in [1.165, 1.54) is 12.1 Å². The largest absolute Gasteiger partial charge is 1.00 e. The Morgan fingerprint density at radius 3 is 2.00 bits per heavy atom. The molecule has 33 heavy (non-hydrogen) atoms. The Morgan fingerprint density at radius 2 is 1.48 bits per heavy atom. The summed E-state index contributed by atoms with van der Waals surface area (Å²) in [5.74, 6) is 1.45. The number of β-amino-alcohol motifs (C(OH)–C–C–N with tert-alkyl or cyclic N) is 1. The first-order valence-corrected chi connectivity index (χ1v) is 10.3. The molecule has 0 spiro atoms. The fraction of sp³-hybridized carbons (Fsp3) is 0.478. The minimum Gasteiger partial charge on any atom is -1.00 e. The molecule has 0 saturated carbocycles. The summed E-state index contributed by atoms with van der Waals surface area (Å²) in [5.41, 5.74) is 1.89. The molecule has 0 aromatic heterocycles. The molecule has 0 radical (unpaired) electrons. The van der Waals surface area contributed by atoms with E-state index in [0.29, 0.717) is 30.4 Å². The third-order valence-electron chi connectivity index (χ3n) is 5.34. The number of piperazine rings is 1. The van der Waals surface area contributed by atoms with Gasteiger partial charge in [-0.3, -0.25) is 4.90 Å². The van der Waals surface area contributed by atoms with Gasteiger partial charge in [0.2, 0.25) is 5.75 Å². The highest BCUT2D eigenvalue weighted by Gasteiger charge is 2.20. The molecule has 1 saturated heterocycles. The van der Waals surface area contributed by atoms with Crippen molar-refractivity contribution in [2.75, 3.05) is 65.6 Å². The average Bonchev–Trinajstić information content (AvgIpc) is 2.79. The highest BCUT2D eigenvalue weighted by Crippen LogP contribution is 2.38. The van der Waals surface area contributed by atoms with Gasteiger partial charge >= 0.3 is 0 Å². The van der Waals surface area contributed by atoms with E-state index in [1.54, 1.807) is 33.5 Å². The maximum absolute atomic E-state index is 13.1. The van der Waals surface area contributed by atoms with Crippen molar-refractivity contribution in [1.29, 1.82) is 0 Å². The Hall–Kier alpha value is -1.97. The summed E-state index contributed by atoms with van der Waals surface area (Å²) in [6.07, 6.45) is -0.584. The third-order valence-corrected chi connectivity index (χ3v) is 5.34. The molecule has 1 aliphatic heterocycles.